The standard InChI is InChI=1S/C34H23NS.C28H19NS.C23H16N2S/c1-3-10-23(11-4-1)25-13-9-14-26(20-25)30-21-28(35-27-15-5-2-6-16-27)22-31-33-29-17-8-7-12-24(29)18-19-32(33)36-34(30)31;1-3-9-19(10-4-1)23-15-16-25(29-22-13-5-2-6-14-22)28-27(23)24-17-20-11-7-8-12-21(20)18-26(24)30-28;1-2-8-17(9-3-1)25-18-13-20(16-7-6-12-24-15-16)23-21(14-18)19-10-4-5-11-22(19)26-23/h1-22,35H;1-18,29H;1-15,25H. The molecule has 0 aliphatic rings. The van der Waals surface area contributed by atoms with Crippen LogP contribution in [-0.2, 0) is 0 Å². The molecule has 0 aliphatic carbocycles. The van der Waals surface area contributed by atoms with Crippen molar-refractivity contribution < 1.29 is 0 Å². The quantitative estimate of drug-likeness (QED) is 0.128. The first-order valence-corrected chi connectivity index (χ1v) is 33.3. The molecule has 0 atom stereocenters. The van der Waals surface area contributed by atoms with E-state index < -0.39 is 0 Å². The third-order valence-electron chi connectivity index (χ3n) is 16.9. The van der Waals surface area contributed by atoms with Gasteiger partial charge in [-0.1, -0.05) is 218 Å². The van der Waals surface area contributed by atoms with Crippen molar-refractivity contribution in [2.75, 3.05) is 16.0 Å². The lowest BCUT2D eigenvalue weighted by Gasteiger charge is -2.12. The molecule has 4 nitrogen and oxygen atoms in total. The molecule has 0 unspecified atom stereocenters. The maximum Gasteiger partial charge on any atom is 0.0596 e. The van der Waals surface area contributed by atoms with Crippen molar-refractivity contribution in [2.45, 2.75) is 0 Å². The monoisotopic (exact) mass is 1230 g/mol. The van der Waals surface area contributed by atoms with E-state index in [-0.39, 0.29) is 0 Å². The van der Waals surface area contributed by atoms with Gasteiger partial charge in [0.15, 0.2) is 0 Å². The second-order valence-corrected chi connectivity index (χ2v) is 26.0. The number of pyridine rings is 1. The number of thiophene rings is 3. The summed E-state index contributed by atoms with van der Waals surface area (Å²) in [5.74, 6) is 0. The van der Waals surface area contributed by atoms with E-state index >= 15 is 0 Å². The van der Waals surface area contributed by atoms with Crippen LogP contribution in [0.2, 0.25) is 0 Å². The Hall–Kier alpha value is -11.2. The highest BCUT2D eigenvalue weighted by atomic mass is 32.1. The molecule has 0 spiro atoms. The lowest BCUT2D eigenvalue weighted by molar-refractivity contribution is 1.33. The third-order valence-corrected chi connectivity index (χ3v) is 20.6. The van der Waals surface area contributed by atoms with E-state index in [1.165, 1.54) is 121 Å². The molecule has 0 aliphatic heterocycles. The lowest BCUT2D eigenvalue weighted by Crippen LogP contribution is -1.91. The number of fused-ring (bicyclic) bond motifs is 12. The third kappa shape index (κ3) is 11.3. The fraction of sp³-hybridized carbons (Fsp3) is 0. The van der Waals surface area contributed by atoms with Crippen LogP contribution in [0.1, 0.15) is 0 Å². The largest absolute Gasteiger partial charge is 0.355 e. The van der Waals surface area contributed by atoms with Crippen LogP contribution in [-0.4, -0.2) is 4.98 Å². The number of hydrogen-bond donors (Lipinski definition) is 3. The van der Waals surface area contributed by atoms with Crippen molar-refractivity contribution in [1.82, 2.24) is 4.98 Å². The zero-order valence-corrected chi connectivity index (χ0v) is 52.4. The summed E-state index contributed by atoms with van der Waals surface area (Å²) < 4.78 is 7.88. The van der Waals surface area contributed by atoms with Gasteiger partial charge in [0.05, 0.1) is 10.4 Å². The molecule has 0 fully saturated rings. The summed E-state index contributed by atoms with van der Waals surface area (Å²) in [6, 6.07) is 114. The van der Waals surface area contributed by atoms with Crippen molar-refractivity contribution in [3.8, 4) is 44.5 Å². The van der Waals surface area contributed by atoms with Gasteiger partial charge >= 0.3 is 0 Å². The summed E-state index contributed by atoms with van der Waals surface area (Å²) in [4.78, 5) is 4.32. The van der Waals surface area contributed by atoms with Crippen LogP contribution >= 0.6 is 34.0 Å². The smallest absolute Gasteiger partial charge is 0.0596 e. The van der Waals surface area contributed by atoms with Crippen LogP contribution in [0.25, 0.3) is 127 Å². The van der Waals surface area contributed by atoms with Crippen LogP contribution in [0.15, 0.2) is 334 Å². The van der Waals surface area contributed by atoms with Gasteiger partial charge in [0, 0.05) is 113 Å². The summed E-state index contributed by atoms with van der Waals surface area (Å²) in [5, 5.41) is 23.9. The van der Waals surface area contributed by atoms with Gasteiger partial charge in [-0.15, -0.1) is 34.0 Å². The van der Waals surface area contributed by atoms with Gasteiger partial charge in [0.25, 0.3) is 0 Å². The Morgan fingerprint density at radius 3 is 1.45 bits per heavy atom. The molecule has 436 valence electrons. The molecule has 18 rings (SSSR count). The van der Waals surface area contributed by atoms with E-state index in [1.54, 1.807) is 0 Å². The highest BCUT2D eigenvalue weighted by Gasteiger charge is 2.19. The summed E-state index contributed by atoms with van der Waals surface area (Å²) >= 11 is 5.60. The second kappa shape index (κ2) is 25.0. The number of benzene rings is 14. The Morgan fingerprint density at radius 1 is 0.239 bits per heavy atom. The fourth-order valence-corrected chi connectivity index (χ4v) is 16.3. The van der Waals surface area contributed by atoms with E-state index in [0.717, 1.165) is 39.7 Å². The van der Waals surface area contributed by atoms with Crippen LogP contribution in [0.4, 0.5) is 34.1 Å². The number of anilines is 6. The minimum atomic E-state index is 1.09. The number of nitrogens with one attached hydrogen (secondary N) is 3. The maximum absolute atomic E-state index is 4.32. The molecular weight excluding hydrogens is 1170 g/mol. The van der Waals surface area contributed by atoms with Gasteiger partial charge < -0.3 is 16.0 Å². The molecule has 0 saturated carbocycles. The number of para-hydroxylation sites is 3. The Kier molecular flexibility index (Phi) is 15.2. The van der Waals surface area contributed by atoms with E-state index in [9.17, 15) is 0 Å². The van der Waals surface area contributed by atoms with Crippen molar-refractivity contribution in [3.05, 3.63) is 334 Å². The van der Waals surface area contributed by atoms with E-state index in [0.29, 0.717) is 0 Å². The zero-order chi connectivity index (χ0) is 61.2. The van der Waals surface area contributed by atoms with Crippen LogP contribution in [0, 0.1) is 0 Å². The predicted octanol–water partition coefficient (Wildman–Crippen LogP) is 25.8. The Morgan fingerprint density at radius 2 is 0.761 bits per heavy atom. The number of hydrogen-bond acceptors (Lipinski definition) is 7. The molecule has 0 saturated heterocycles. The number of nitrogens with zero attached hydrogens (tertiary/aromatic N) is 1. The molecule has 4 heterocycles. The molecule has 14 aromatic carbocycles. The molecule has 0 amide bonds. The Balaban J connectivity index is 0.000000111. The zero-order valence-electron chi connectivity index (χ0n) is 49.9. The molecule has 0 bridgehead atoms. The number of rotatable bonds is 10. The first-order valence-electron chi connectivity index (χ1n) is 30.9. The Bertz CT molecular complexity index is 5650. The molecule has 92 heavy (non-hydrogen) atoms. The lowest BCUT2D eigenvalue weighted by atomic mass is 9.96. The van der Waals surface area contributed by atoms with Gasteiger partial charge in [0.2, 0.25) is 0 Å². The second-order valence-electron chi connectivity index (χ2n) is 22.9. The Labute approximate surface area is 545 Å². The van der Waals surface area contributed by atoms with Gasteiger partial charge in [-0.25, -0.2) is 0 Å². The van der Waals surface area contributed by atoms with Gasteiger partial charge in [-0.05, 0) is 152 Å². The van der Waals surface area contributed by atoms with E-state index in [4.69, 9.17) is 0 Å². The molecule has 18 aromatic rings. The highest BCUT2D eigenvalue weighted by Crippen LogP contribution is 2.48. The van der Waals surface area contributed by atoms with Crippen molar-refractivity contribution in [2.24, 2.45) is 0 Å². The predicted molar refractivity (Wildman–Crippen MR) is 402 cm³/mol. The summed E-state index contributed by atoms with van der Waals surface area (Å²) in [7, 11) is 0. The van der Waals surface area contributed by atoms with Gasteiger partial charge in [-0.3, -0.25) is 4.98 Å². The average molecular weight is 1230 g/mol. The average Bonchev–Trinajstić information content (AvgIpc) is 1.60. The van der Waals surface area contributed by atoms with Crippen molar-refractivity contribution >= 4 is 150 Å². The topological polar surface area (TPSA) is 49.0 Å². The molecule has 7 heteroatoms. The van der Waals surface area contributed by atoms with Crippen molar-refractivity contribution in [3.63, 3.8) is 0 Å². The minimum absolute atomic E-state index is 1.09. The normalized spacial score (nSPS) is 11.3. The SMILES string of the molecule is c1ccc(Nc2cc(-c3cccc(-c4ccccc4)c3)c3sc4ccc5ccccc5c4c3c2)cc1.c1ccc(Nc2cc(-c3cccnc3)c3sc4ccccc4c3c2)cc1.c1ccc(Nc2ccc(-c3ccccc3)c3c2sc2cc4ccccc4cc23)cc1. The maximum atomic E-state index is 4.32. The first kappa shape index (κ1) is 56.1. The minimum Gasteiger partial charge on any atom is -0.355 e. The van der Waals surface area contributed by atoms with Crippen LogP contribution < -0.4 is 16.0 Å². The van der Waals surface area contributed by atoms with Crippen LogP contribution in [0.3, 0.4) is 0 Å². The van der Waals surface area contributed by atoms with Crippen LogP contribution in [0.5, 0.6) is 0 Å². The van der Waals surface area contributed by atoms with Crippen molar-refractivity contribution in [1.29, 1.82) is 0 Å². The van der Waals surface area contributed by atoms with E-state index in [2.05, 4.69) is 306 Å². The summed E-state index contributed by atoms with van der Waals surface area (Å²) in [5.41, 5.74) is 16.5. The highest BCUT2D eigenvalue weighted by molar-refractivity contribution is 7.27. The summed E-state index contributed by atoms with van der Waals surface area (Å²) in [6.07, 6.45) is 3.75. The molecule has 4 aromatic heterocycles. The van der Waals surface area contributed by atoms with Gasteiger partial charge in [-0.2, -0.15) is 0 Å². The van der Waals surface area contributed by atoms with E-state index in [1.807, 2.05) is 82.8 Å². The number of aromatic nitrogens is 1. The first-order chi connectivity index (χ1) is 45.6. The molecule has 3 N–H and O–H groups in total. The molecule has 0 radical (unpaired) electrons. The molecular formula is C85H58N4S3. The fourth-order valence-electron chi connectivity index (χ4n) is 12.6. The summed E-state index contributed by atoms with van der Waals surface area (Å²) in [6.45, 7) is 0. The van der Waals surface area contributed by atoms with Gasteiger partial charge in [0.1, 0.15) is 0 Å².